The van der Waals surface area contributed by atoms with E-state index in [0.717, 1.165) is 9.97 Å². The Morgan fingerprint density at radius 2 is 2.14 bits per heavy atom. The van der Waals surface area contributed by atoms with Crippen molar-refractivity contribution in [2.24, 2.45) is 0 Å². The summed E-state index contributed by atoms with van der Waals surface area (Å²) < 4.78 is 0.954. The normalized spacial score (nSPS) is 40.3. The number of nitrogens with one attached hydrogen (secondary N) is 1. The van der Waals surface area contributed by atoms with Crippen LogP contribution < -0.4 is 5.32 Å². The summed E-state index contributed by atoms with van der Waals surface area (Å²) in [6, 6.07) is 0.835. The maximum atomic E-state index is 3.23. The van der Waals surface area contributed by atoms with E-state index in [-0.39, 0.29) is 0 Å². The Labute approximate surface area is 58.0 Å². The first kappa shape index (κ1) is 5.82. The SMILES string of the molecule is CN[C@H]1C[C@@H](I)C1. The molecular formula is C5H10IN. The third kappa shape index (κ3) is 1.29. The van der Waals surface area contributed by atoms with Gasteiger partial charge in [0.25, 0.3) is 0 Å². The Kier molecular flexibility index (Phi) is 1.92. The van der Waals surface area contributed by atoms with E-state index >= 15 is 0 Å². The first-order valence-corrected chi connectivity index (χ1v) is 3.89. The molecule has 2 heteroatoms. The van der Waals surface area contributed by atoms with Crippen LogP contribution in [0.3, 0.4) is 0 Å². The minimum Gasteiger partial charge on any atom is -0.317 e. The molecule has 1 saturated carbocycles. The fraction of sp³-hybridized carbons (Fsp3) is 1.00. The molecule has 0 radical (unpaired) electrons. The highest BCUT2D eigenvalue weighted by Crippen LogP contribution is 2.26. The van der Waals surface area contributed by atoms with Crippen LogP contribution in [0.2, 0.25) is 0 Å². The van der Waals surface area contributed by atoms with Crippen molar-refractivity contribution in [3.05, 3.63) is 0 Å². The third-order valence-corrected chi connectivity index (χ3v) is 2.51. The molecule has 0 amide bonds. The summed E-state index contributed by atoms with van der Waals surface area (Å²) in [6.07, 6.45) is 2.74. The lowest BCUT2D eigenvalue weighted by Crippen LogP contribution is -2.39. The number of alkyl halides is 1. The van der Waals surface area contributed by atoms with Gasteiger partial charge in [0, 0.05) is 9.97 Å². The minimum atomic E-state index is 0.835. The van der Waals surface area contributed by atoms with E-state index in [9.17, 15) is 0 Å². The van der Waals surface area contributed by atoms with Crippen molar-refractivity contribution in [2.45, 2.75) is 22.8 Å². The summed E-state index contributed by atoms with van der Waals surface area (Å²) in [4.78, 5) is 0. The molecule has 1 aliphatic rings. The summed E-state index contributed by atoms with van der Waals surface area (Å²) >= 11 is 2.49. The second kappa shape index (κ2) is 2.31. The molecule has 0 heterocycles. The molecular weight excluding hydrogens is 201 g/mol. The predicted molar refractivity (Wildman–Crippen MR) is 39.9 cm³/mol. The van der Waals surface area contributed by atoms with Gasteiger partial charge < -0.3 is 5.32 Å². The van der Waals surface area contributed by atoms with Gasteiger partial charge in [0.2, 0.25) is 0 Å². The quantitative estimate of drug-likeness (QED) is 0.507. The lowest BCUT2D eigenvalue weighted by molar-refractivity contribution is 0.386. The van der Waals surface area contributed by atoms with E-state index in [1.165, 1.54) is 12.8 Å². The fourth-order valence-electron chi connectivity index (χ4n) is 0.784. The zero-order valence-corrected chi connectivity index (χ0v) is 6.60. The first-order chi connectivity index (χ1) is 3.33. The molecule has 0 unspecified atom stereocenters. The maximum absolute atomic E-state index is 3.23. The molecule has 0 spiro atoms. The molecule has 0 bridgehead atoms. The van der Waals surface area contributed by atoms with E-state index in [1.54, 1.807) is 0 Å². The lowest BCUT2D eigenvalue weighted by atomic mass is 9.93. The molecule has 1 aliphatic carbocycles. The van der Waals surface area contributed by atoms with Crippen LogP contribution >= 0.6 is 22.6 Å². The van der Waals surface area contributed by atoms with Crippen LogP contribution in [0.15, 0.2) is 0 Å². The molecule has 0 aliphatic heterocycles. The van der Waals surface area contributed by atoms with Gasteiger partial charge in [0.1, 0.15) is 0 Å². The van der Waals surface area contributed by atoms with Gasteiger partial charge in [0.15, 0.2) is 0 Å². The van der Waals surface area contributed by atoms with Gasteiger partial charge in [-0.1, -0.05) is 22.6 Å². The van der Waals surface area contributed by atoms with Crippen LogP contribution in [-0.4, -0.2) is 17.0 Å². The first-order valence-electron chi connectivity index (χ1n) is 2.64. The Hall–Kier alpha value is 0.690. The molecule has 1 nitrogen and oxygen atoms in total. The Bertz CT molecular complexity index is 59.1. The number of halogens is 1. The standard InChI is InChI=1S/C5H10IN/c1-7-5-2-4(6)3-5/h4-5,7H,2-3H2,1H3/t4-,5+. The molecule has 0 aromatic carbocycles. The smallest absolute Gasteiger partial charge is 0.0139 e. The third-order valence-electron chi connectivity index (χ3n) is 1.49. The second-order valence-corrected chi connectivity index (χ2v) is 3.82. The van der Waals surface area contributed by atoms with Crippen LogP contribution in [0, 0.1) is 0 Å². The molecule has 7 heavy (non-hydrogen) atoms. The predicted octanol–water partition coefficient (Wildman–Crippen LogP) is 1.17. The molecule has 0 atom stereocenters. The summed E-state index contributed by atoms with van der Waals surface area (Å²) in [5.41, 5.74) is 0. The van der Waals surface area contributed by atoms with Crippen molar-refractivity contribution in [1.29, 1.82) is 0 Å². The van der Waals surface area contributed by atoms with Crippen molar-refractivity contribution < 1.29 is 0 Å². The van der Waals surface area contributed by atoms with Gasteiger partial charge in [-0.15, -0.1) is 0 Å². The van der Waals surface area contributed by atoms with Gasteiger partial charge >= 0.3 is 0 Å². The highest BCUT2D eigenvalue weighted by atomic mass is 127. The number of rotatable bonds is 1. The number of hydrogen-bond acceptors (Lipinski definition) is 1. The summed E-state index contributed by atoms with van der Waals surface area (Å²) in [5.74, 6) is 0. The van der Waals surface area contributed by atoms with E-state index < -0.39 is 0 Å². The fourth-order valence-corrected chi connectivity index (χ4v) is 2.01. The van der Waals surface area contributed by atoms with E-state index in [4.69, 9.17) is 0 Å². The lowest BCUT2D eigenvalue weighted by Gasteiger charge is -2.30. The molecule has 1 fully saturated rings. The van der Waals surface area contributed by atoms with Crippen molar-refractivity contribution >= 4 is 22.6 Å². The van der Waals surface area contributed by atoms with Gasteiger partial charge in [-0.3, -0.25) is 0 Å². The van der Waals surface area contributed by atoms with Crippen LogP contribution in [0.5, 0.6) is 0 Å². The van der Waals surface area contributed by atoms with Crippen molar-refractivity contribution in [3.63, 3.8) is 0 Å². The van der Waals surface area contributed by atoms with Crippen LogP contribution in [0.1, 0.15) is 12.8 Å². The highest BCUT2D eigenvalue weighted by molar-refractivity contribution is 14.1. The summed E-state index contributed by atoms with van der Waals surface area (Å²) in [7, 11) is 2.03. The van der Waals surface area contributed by atoms with E-state index in [1.807, 2.05) is 7.05 Å². The van der Waals surface area contributed by atoms with Gasteiger partial charge in [-0.05, 0) is 19.9 Å². The second-order valence-electron chi connectivity index (χ2n) is 2.05. The van der Waals surface area contributed by atoms with Gasteiger partial charge in [-0.2, -0.15) is 0 Å². The molecule has 1 N–H and O–H groups in total. The van der Waals surface area contributed by atoms with Crippen LogP contribution in [0.25, 0.3) is 0 Å². The number of hydrogen-bond donors (Lipinski definition) is 1. The Morgan fingerprint density at radius 1 is 1.57 bits per heavy atom. The van der Waals surface area contributed by atoms with E-state index in [2.05, 4.69) is 27.9 Å². The molecule has 42 valence electrons. The average Bonchev–Trinajstić information content (AvgIpc) is 1.58. The van der Waals surface area contributed by atoms with Gasteiger partial charge in [0.05, 0.1) is 0 Å². The highest BCUT2D eigenvalue weighted by Gasteiger charge is 2.24. The van der Waals surface area contributed by atoms with E-state index in [0.29, 0.717) is 0 Å². The monoisotopic (exact) mass is 211 g/mol. The zero-order chi connectivity index (χ0) is 5.28. The molecule has 0 aromatic heterocycles. The van der Waals surface area contributed by atoms with Crippen LogP contribution in [-0.2, 0) is 0 Å². The van der Waals surface area contributed by atoms with Gasteiger partial charge in [-0.25, -0.2) is 0 Å². The maximum Gasteiger partial charge on any atom is 0.0139 e. The topological polar surface area (TPSA) is 12.0 Å². The Morgan fingerprint density at radius 3 is 2.29 bits per heavy atom. The zero-order valence-electron chi connectivity index (χ0n) is 4.45. The van der Waals surface area contributed by atoms with Crippen LogP contribution in [0.4, 0.5) is 0 Å². The largest absolute Gasteiger partial charge is 0.317 e. The minimum absolute atomic E-state index is 0.835. The molecule has 0 saturated heterocycles. The average molecular weight is 211 g/mol. The Balaban J connectivity index is 2.06. The summed E-state index contributed by atoms with van der Waals surface area (Å²) in [5, 5.41) is 3.23. The molecule has 0 aromatic rings. The van der Waals surface area contributed by atoms with Crippen molar-refractivity contribution in [1.82, 2.24) is 5.32 Å². The van der Waals surface area contributed by atoms with Crippen molar-refractivity contribution in [3.8, 4) is 0 Å². The van der Waals surface area contributed by atoms with Crippen molar-refractivity contribution in [2.75, 3.05) is 7.05 Å². The molecule has 1 rings (SSSR count). The summed E-state index contributed by atoms with van der Waals surface area (Å²) in [6.45, 7) is 0.